The number of aromatic nitrogens is 3. The summed E-state index contributed by atoms with van der Waals surface area (Å²) in [5, 5.41) is 13.5. The van der Waals surface area contributed by atoms with Gasteiger partial charge in [-0.2, -0.15) is 5.10 Å². The summed E-state index contributed by atoms with van der Waals surface area (Å²) < 4.78 is 0. The van der Waals surface area contributed by atoms with Crippen LogP contribution in [0.2, 0.25) is 0 Å². The zero-order valence-corrected chi connectivity index (χ0v) is 15.7. The molecule has 2 aromatic heterocycles. The average Bonchev–Trinajstić information content (AvgIpc) is 3.26. The number of pyridine rings is 1. The number of hydrogen-bond acceptors (Lipinski definition) is 5. The fourth-order valence-electron chi connectivity index (χ4n) is 3.97. The van der Waals surface area contributed by atoms with Gasteiger partial charge in [0.1, 0.15) is 11.2 Å². The maximum Gasteiger partial charge on any atom is 0.271 e. The normalized spacial score (nSPS) is 17.4. The van der Waals surface area contributed by atoms with Crippen molar-refractivity contribution in [3.63, 3.8) is 0 Å². The minimum absolute atomic E-state index is 0.0372. The van der Waals surface area contributed by atoms with Gasteiger partial charge < -0.3 is 15.5 Å². The molecule has 8 nitrogen and oxygen atoms in total. The Hall–Kier alpha value is -3.68. The van der Waals surface area contributed by atoms with Crippen LogP contribution in [0.1, 0.15) is 23.3 Å². The monoisotopic (exact) mass is 388 g/mol. The predicted molar refractivity (Wildman–Crippen MR) is 108 cm³/mol. The third-order valence-electron chi connectivity index (χ3n) is 5.67. The minimum Gasteiger partial charge on any atom is -0.369 e. The Balaban J connectivity index is 1.29. The standard InChI is InChI=1S/C21H20N6O2/c28-19(18-13-17(25-26-18)14-5-9-22-10-6-14)27-11-7-21(8-12-27)20(29)23-15-3-1-2-4-16(15)24-21/h1-6,9-10,13,24H,7-8,11-12H2,(H,23,29)(H,25,26). The van der Waals surface area contributed by atoms with Crippen molar-refractivity contribution in [2.24, 2.45) is 0 Å². The molecule has 2 amide bonds. The highest BCUT2D eigenvalue weighted by atomic mass is 16.2. The van der Waals surface area contributed by atoms with E-state index in [1.165, 1.54) is 0 Å². The highest BCUT2D eigenvalue weighted by Gasteiger charge is 2.45. The molecule has 0 bridgehead atoms. The largest absolute Gasteiger partial charge is 0.369 e. The second-order valence-electron chi connectivity index (χ2n) is 7.40. The maximum absolute atomic E-state index is 12.9. The Bertz CT molecular complexity index is 1070. The van der Waals surface area contributed by atoms with Crippen molar-refractivity contribution in [2.75, 3.05) is 23.7 Å². The van der Waals surface area contributed by atoms with Crippen LogP contribution >= 0.6 is 0 Å². The lowest BCUT2D eigenvalue weighted by Gasteiger charge is -2.44. The SMILES string of the molecule is O=C(c1cc(-c2ccncc2)n[nH]1)N1CCC2(CC1)Nc1ccccc1NC2=O. The summed E-state index contributed by atoms with van der Waals surface area (Å²) >= 11 is 0. The first-order chi connectivity index (χ1) is 14.1. The Morgan fingerprint density at radius 1 is 1.03 bits per heavy atom. The highest BCUT2D eigenvalue weighted by Crippen LogP contribution is 2.36. The molecule has 3 aromatic rings. The number of amides is 2. The molecule has 3 N–H and O–H groups in total. The average molecular weight is 388 g/mol. The van der Waals surface area contributed by atoms with E-state index in [0.29, 0.717) is 37.3 Å². The van der Waals surface area contributed by atoms with E-state index in [1.54, 1.807) is 23.4 Å². The zero-order valence-electron chi connectivity index (χ0n) is 15.7. The number of carbonyl (C=O) groups excluding carboxylic acids is 2. The van der Waals surface area contributed by atoms with E-state index in [1.807, 2.05) is 36.4 Å². The first kappa shape index (κ1) is 17.4. The molecule has 1 saturated heterocycles. The number of para-hydroxylation sites is 2. The van der Waals surface area contributed by atoms with E-state index in [0.717, 1.165) is 16.9 Å². The van der Waals surface area contributed by atoms with Crippen molar-refractivity contribution in [2.45, 2.75) is 18.4 Å². The van der Waals surface area contributed by atoms with Gasteiger partial charge in [0, 0.05) is 31.0 Å². The molecule has 0 atom stereocenters. The van der Waals surface area contributed by atoms with Gasteiger partial charge in [0.2, 0.25) is 5.91 Å². The molecule has 0 radical (unpaired) electrons. The second kappa shape index (κ2) is 6.73. The fraction of sp³-hybridized carbons (Fsp3) is 0.238. The number of aromatic amines is 1. The molecule has 0 aliphatic carbocycles. The molecule has 8 heteroatoms. The number of likely N-dealkylation sites (tertiary alicyclic amines) is 1. The van der Waals surface area contributed by atoms with Crippen molar-refractivity contribution < 1.29 is 9.59 Å². The summed E-state index contributed by atoms with van der Waals surface area (Å²) in [6.45, 7) is 0.982. The Labute approximate surface area is 167 Å². The zero-order chi connectivity index (χ0) is 19.8. The first-order valence-corrected chi connectivity index (χ1v) is 9.58. The van der Waals surface area contributed by atoms with Crippen LogP contribution in [-0.2, 0) is 4.79 Å². The van der Waals surface area contributed by atoms with Gasteiger partial charge in [-0.1, -0.05) is 12.1 Å². The molecule has 1 spiro atoms. The summed E-state index contributed by atoms with van der Waals surface area (Å²) in [5.41, 5.74) is 3.08. The molecule has 4 heterocycles. The number of carbonyl (C=O) groups is 2. The van der Waals surface area contributed by atoms with Crippen LogP contribution in [-0.4, -0.2) is 50.5 Å². The van der Waals surface area contributed by atoms with Gasteiger partial charge in [-0.3, -0.25) is 19.7 Å². The number of benzene rings is 1. The van der Waals surface area contributed by atoms with Crippen molar-refractivity contribution in [3.8, 4) is 11.3 Å². The Morgan fingerprint density at radius 2 is 1.76 bits per heavy atom. The molecule has 5 rings (SSSR count). The first-order valence-electron chi connectivity index (χ1n) is 9.58. The second-order valence-corrected chi connectivity index (χ2v) is 7.40. The van der Waals surface area contributed by atoms with Gasteiger partial charge in [0.05, 0.1) is 17.1 Å². The number of nitrogens with one attached hydrogen (secondary N) is 3. The summed E-state index contributed by atoms with van der Waals surface area (Å²) in [6.07, 6.45) is 4.47. The smallest absolute Gasteiger partial charge is 0.271 e. The quantitative estimate of drug-likeness (QED) is 0.626. The Morgan fingerprint density at radius 3 is 2.52 bits per heavy atom. The van der Waals surface area contributed by atoms with E-state index in [4.69, 9.17) is 0 Å². The fourth-order valence-corrected chi connectivity index (χ4v) is 3.97. The predicted octanol–water partition coefficient (Wildman–Crippen LogP) is 2.51. The molecule has 2 aliphatic heterocycles. The van der Waals surface area contributed by atoms with Crippen LogP contribution in [0.15, 0.2) is 54.9 Å². The maximum atomic E-state index is 12.9. The van der Waals surface area contributed by atoms with Crippen LogP contribution in [0.25, 0.3) is 11.3 Å². The van der Waals surface area contributed by atoms with Gasteiger partial charge in [0.25, 0.3) is 5.91 Å². The lowest BCUT2D eigenvalue weighted by atomic mass is 9.84. The van der Waals surface area contributed by atoms with Crippen LogP contribution in [0, 0.1) is 0 Å². The number of piperidine rings is 1. The number of H-pyrrole nitrogens is 1. The van der Waals surface area contributed by atoms with Crippen LogP contribution in [0.5, 0.6) is 0 Å². The Kier molecular flexibility index (Phi) is 4.04. The van der Waals surface area contributed by atoms with Gasteiger partial charge >= 0.3 is 0 Å². The molecule has 0 unspecified atom stereocenters. The van der Waals surface area contributed by atoms with E-state index in [9.17, 15) is 9.59 Å². The van der Waals surface area contributed by atoms with Gasteiger partial charge in [-0.05, 0) is 43.2 Å². The van der Waals surface area contributed by atoms with Crippen molar-refractivity contribution >= 4 is 23.2 Å². The van der Waals surface area contributed by atoms with E-state index >= 15 is 0 Å². The van der Waals surface area contributed by atoms with E-state index in [2.05, 4.69) is 25.8 Å². The highest BCUT2D eigenvalue weighted by molar-refractivity contribution is 6.06. The van der Waals surface area contributed by atoms with E-state index in [-0.39, 0.29) is 11.8 Å². The van der Waals surface area contributed by atoms with Crippen LogP contribution < -0.4 is 10.6 Å². The molecular weight excluding hydrogens is 368 g/mol. The topological polar surface area (TPSA) is 103 Å². The number of rotatable bonds is 2. The third kappa shape index (κ3) is 3.02. The van der Waals surface area contributed by atoms with Crippen LogP contribution in [0.3, 0.4) is 0 Å². The van der Waals surface area contributed by atoms with Crippen molar-refractivity contribution in [1.29, 1.82) is 0 Å². The third-order valence-corrected chi connectivity index (χ3v) is 5.67. The molecular formula is C21H20N6O2. The number of nitrogens with zero attached hydrogens (tertiary/aromatic N) is 3. The summed E-state index contributed by atoms with van der Waals surface area (Å²) in [4.78, 5) is 31.4. The molecule has 1 fully saturated rings. The van der Waals surface area contributed by atoms with Gasteiger partial charge in [0.15, 0.2) is 0 Å². The number of fused-ring (bicyclic) bond motifs is 1. The molecule has 2 aliphatic rings. The number of hydrogen-bond donors (Lipinski definition) is 3. The van der Waals surface area contributed by atoms with Crippen LogP contribution in [0.4, 0.5) is 11.4 Å². The molecule has 146 valence electrons. The van der Waals surface area contributed by atoms with Gasteiger partial charge in [-0.15, -0.1) is 0 Å². The molecule has 29 heavy (non-hydrogen) atoms. The van der Waals surface area contributed by atoms with Crippen molar-refractivity contribution in [3.05, 3.63) is 60.6 Å². The molecule has 1 aromatic carbocycles. The lowest BCUT2D eigenvalue weighted by Crippen LogP contribution is -2.59. The summed E-state index contributed by atoms with van der Waals surface area (Å²) in [5.74, 6) is -0.144. The lowest BCUT2D eigenvalue weighted by molar-refractivity contribution is -0.122. The van der Waals surface area contributed by atoms with Crippen molar-refractivity contribution in [1.82, 2.24) is 20.1 Å². The minimum atomic E-state index is -0.679. The van der Waals surface area contributed by atoms with Gasteiger partial charge in [-0.25, -0.2) is 0 Å². The molecule has 0 saturated carbocycles. The summed E-state index contributed by atoms with van der Waals surface area (Å²) in [7, 11) is 0. The van der Waals surface area contributed by atoms with E-state index < -0.39 is 5.54 Å². The number of anilines is 2. The summed E-state index contributed by atoms with van der Waals surface area (Å²) in [6, 6.07) is 13.1.